The van der Waals surface area contributed by atoms with Crippen LogP contribution in [0.15, 0.2) is 57.9 Å². The number of nitrogens with zero attached hydrogens (tertiary/aromatic N) is 2. The molecule has 30 heavy (non-hydrogen) atoms. The van der Waals surface area contributed by atoms with Crippen LogP contribution in [-0.4, -0.2) is 41.6 Å². The topological polar surface area (TPSA) is 69.7 Å². The van der Waals surface area contributed by atoms with Crippen LogP contribution < -0.4 is 10.2 Å². The van der Waals surface area contributed by atoms with Crippen molar-refractivity contribution in [2.45, 2.75) is 12.8 Å². The number of anilines is 2. The zero-order valence-corrected chi connectivity index (χ0v) is 18.5. The number of thioether (sulfide) groups is 1. The van der Waals surface area contributed by atoms with Gasteiger partial charge in [0.15, 0.2) is 0 Å². The van der Waals surface area contributed by atoms with Crippen LogP contribution in [0.5, 0.6) is 0 Å². The average Bonchev–Trinajstić information content (AvgIpc) is 3.35. The van der Waals surface area contributed by atoms with Crippen molar-refractivity contribution in [2.75, 3.05) is 29.9 Å². The fourth-order valence-electron chi connectivity index (χ4n) is 3.42. The van der Waals surface area contributed by atoms with Crippen LogP contribution in [0.1, 0.15) is 18.4 Å². The monoisotopic (exact) mass is 485 g/mol. The van der Waals surface area contributed by atoms with E-state index in [1.54, 1.807) is 30.3 Å². The van der Waals surface area contributed by atoms with Crippen molar-refractivity contribution in [3.05, 3.63) is 63.5 Å². The normalized spacial score (nSPS) is 17.8. The van der Waals surface area contributed by atoms with E-state index in [0.717, 1.165) is 39.8 Å². The molecule has 0 unspecified atom stereocenters. The summed E-state index contributed by atoms with van der Waals surface area (Å²) in [5.41, 5.74) is 2.62. The number of rotatable bonds is 5. The fourth-order valence-corrected chi connectivity index (χ4v) is 4.52. The summed E-state index contributed by atoms with van der Waals surface area (Å²) in [5.74, 6) is -0.865. The third kappa shape index (κ3) is 4.76. The van der Waals surface area contributed by atoms with Gasteiger partial charge in [-0.25, -0.2) is 0 Å². The second-order valence-electron chi connectivity index (χ2n) is 7.11. The number of hydrogen-bond acceptors (Lipinski definition) is 5. The fraction of sp³-hybridized carbons (Fsp3) is 0.227. The third-order valence-corrected chi connectivity index (χ3v) is 6.40. The SMILES string of the molecule is O=C(CN1C(=O)S/C(=C\c2ccc(N3CCCC3)cc2)C1=O)Nc1ccc(Br)cc1. The van der Waals surface area contributed by atoms with E-state index in [4.69, 9.17) is 0 Å². The highest BCUT2D eigenvalue weighted by Crippen LogP contribution is 2.32. The van der Waals surface area contributed by atoms with Crippen molar-refractivity contribution in [3.8, 4) is 0 Å². The lowest BCUT2D eigenvalue weighted by atomic mass is 10.2. The first-order valence-corrected chi connectivity index (χ1v) is 11.3. The minimum Gasteiger partial charge on any atom is -0.372 e. The number of nitrogens with one attached hydrogen (secondary N) is 1. The Morgan fingerprint density at radius 1 is 1.03 bits per heavy atom. The minimum absolute atomic E-state index is 0.314. The summed E-state index contributed by atoms with van der Waals surface area (Å²) in [4.78, 5) is 40.8. The van der Waals surface area contributed by atoms with Gasteiger partial charge in [0.2, 0.25) is 5.91 Å². The largest absolute Gasteiger partial charge is 0.372 e. The maximum absolute atomic E-state index is 12.7. The van der Waals surface area contributed by atoms with Crippen LogP contribution >= 0.6 is 27.7 Å². The number of hydrogen-bond donors (Lipinski definition) is 1. The van der Waals surface area contributed by atoms with Crippen molar-refractivity contribution >= 4 is 62.2 Å². The first kappa shape index (κ1) is 20.7. The number of amides is 3. The predicted octanol–water partition coefficient (Wildman–Crippen LogP) is 4.72. The molecule has 1 N–H and O–H groups in total. The van der Waals surface area contributed by atoms with Crippen LogP contribution in [0.4, 0.5) is 16.2 Å². The molecule has 2 fully saturated rings. The van der Waals surface area contributed by atoms with E-state index in [0.29, 0.717) is 10.6 Å². The highest BCUT2D eigenvalue weighted by Gasteiger charge is 2.36. The average molecular weight is 486 g/mol. The Kier molecular flexibility index (Phi) is 6.24. The lowest BCUT2D eigenvalue weighted by Crippen LogP contribution is -2.36. The molecule has 0 bridgehead atoms. The number of carbonyl (C=O) groups excluding carboxylic acids is 3. The molecule has 0 atom stereocenters. The molecular formula is C22H20BrN3O3S. The first-order chi connectivity index (χ1) is 14.5. The maximum Gasteiger partial charge on any atom is 0.294 e. The van der Waals surface area contributed by atoms with Gasteiger partial charge >= 0.3 is 0 Å². The number of halogens is 1. The molecule has 2 heterocycles. The van der Waals surface area contributed by atoms with Gasteiger partial charge in [0.25, 0.3) is 11.1 Å². The zero-order valence-electron chi connectivity index (χ0n) is 16.1. The standard InChI is InChI=1S/C22H20BrN3O3S/c23-16-5-7-17(8-6-16)24-20(27)14-26-21(28)19(30-22(26)29)13-15-3-9-18(10-4-15)25-11-1-2-12-25/h3-10,13H,1-2,11-12,14H2,(H,24,27)/b19-13-. The van der Waals surface area contributed by atoms with Gasteiger partial charge in [-0.15, -0.1) is 0 Å². The van der Waals surface area contributed by atoms with Crippen molar-refractivity contribution < 1.29 is 14.4 Å². The van der Waals surface area contributed by atoms with E-state index in [1.165, 1.54) is 18.5 Å². The molecule has 2 aliphatic rings. The molecule has 0 saturated carbocycles. The summed E-state index contributed by atoms with van der Waals surface area (Å²) in [6.07, 6.45) is 4.12. The molecule has 3 amide bonds. The van der Waals surface area contributed by atoms with Gasteiger partial charge in [-0.1, -0.05) is 28.1 Å². The van der Waals surface area contributed by atoms with Crippen LogP contribution in [-0.2, 0) is 9.59 Å². The number of carbonyl (C=O) groups is 3. The van der Waals surface area contributed by atoms with Gasteiger partial charge in [0.1, 0.15) is 6.54 Å². The van der Waals surface area contributed by atoms with Gasteiger partial charge in [-0.2, -0.15) is 0 Å². The Bertz CT molecular complexity index is 999. The molecule has 6 nitrogen and oxygen atoms in total. The zero-order chi connectivity index (χ0) is 21.1. The highest BCUT2D eigenvalue weighted by atomic mass is 79.9. The molecule has 4 rings (SSSR count). The van der Waals surface area contributed by atoms with E-state index in [1.807, 2.05) is 24.3 Å². The molecule has 2 saturated heterocycles. The van der Waals surface area contributed by atoms with Gasteiger partial charge < -0.3 is 10.2 Å². The van der Waals surface area contributed by atoms with Crippen molar-refractivity contribution in [1.29, 1.82) is 0 Å². The molecule has 0 spiro atoms. The number of imide groups is 1. The second-order valence-corrected chi connectivity index (χ2v) is 9.02. The first-order valence-electron chi connectivity index (χ1n) is 9.65. The van der Waals surface area contributed by atoms with Gasteiger partial charge in [0.05, 0.1) is 4.91 Å². The van der Waals surface area contributed by atoms with Gasteiger partial charge in [-0.3, -0.25) is 19.3 Å². The van der Waals surface area contributed by atoms with Gasteiger partial charge in [0, 0.05) is 28.9 Å². The highest BCUT2D eigenvalue weighted by molar-refractivity contribution is 9.10. The lowest BCUT2D eigenvalue weighted by molar-refractivity contribution is -0.127. The summed E-state index contributed by atoms with van der Waals surface area (Å²) in [6.45, 7) is 1.83. The summed E-state index contributed by atoms with van der Waals surface area (Å²) >= 11 is 4.19. The van der Waals surface area contributed by atoms with E-state index in [-0.39, 0.29) is 6.54 Å². The van der Waals surface area contributed by atoms with Crippen molar-refractivity contribution in [2.24, 2.45) is 0 Å². The van der Waals surface area contributed by atoms with E-state index >= 15 is 0 Å². The molecule has 2 aromatic carbocycles. The van der Waals surface area contributed by atoms with Gasteiger partial charge in [-0.05, 0) is 72.6 Å². The predicted molar refractivity (Wildman–Crippen MR) is 123 cm³/mol. The summed E-state index contributed by atoms with van der Waals surface area (Å²) in [5, 5.41) is 2.26. The molecule has 2 aromatic rings. The minimum atomic E-state index is -0.445. The van der Waals surface area contributed by atoms with Crippen LogP contribution in [0.2, 0.25) is 0 Å². The quantitative estimate of drug-likeness (QED) is 0.620. The molecule has 2 aliphatic heterocycles. The summed E-state index contributed by atoms with van der Waals surface area (Å²) < 4.78 is 0.894. The molecule has 0 radical (unpaired) electrons. The Morgan fingerprint density at radius 3 is 2.37 bits per heavy atom. The Balaban J connectivity index is 1.40. The molecule has 154 valence electrons. The van der Waals surface area contributed by atoms with Crippen LogP contribution in [0.25, 0.3) is 6.08 Å². The van der Waals surface area contributed by atoms with Crippen LogP contribution in [0, 0.1) is 0 Å². The van der Waals surface area contributed by atoms with Crippen molar-refractivity contribution in [1.82, 2.24) is 4.90 Å². The van der Waals surface area contributed by atoms with E-state index in [2.05, 4.69) is 26.1 Å². The van der Waals surface area contributed by atoms with E-state index < -0.39 is 17.1 Å². The summed E-state index contributed by atoms with van der Waals surface area (Å²) in [6, 6.07) is 15.0. The smallest absolute Gasteiger partial charge is 0.294 e. The maximum atomic E-state index is 12.7. The van der Waals surface area contributed by atoms with Crippen molar-refractivity contribution in [3.63, 3.8) is 0 Å². The lowest BCUT2D eigenvalue weighted by Gasteiger charge is -2.17. The van der Waals surface area contributed by atoms with Crippen LogP contribution in [0.3, 0.4) is 0 Å². The molecular weight excluding hydrogens is 466 g/mol. The molecule has 8 heteroatoms. The Labute approximate surface area is 187 Å². The summed E-state index contributed by atoms with van der Waals surface area (Å²) in [7, 11) is 0. The van der Waals surface area contributed by atoms with E-state index in [9.17, 15) is 14.4 Å². The Morgan fingerprint density at radius 2 is 1.70 bits per heavy atom. The number of benzene rings is 2. The molecule has 0 aliphatic carbocycles. The Hall–Kier alpha value is -2.58. The second kappa shape index (κ2) is 9.06. The third-order valence-electron chi connectivity index (χ3n) is 4.97. The molecule has 0 aromatic heterocycles.